The van der Waals surface area contributed by atoms with Crippen LogP contribution >= 0.6 is 0 Å². The standard InChI is InChI=1S/C19H20N4O5/c24-15-9-13(10-21-17(15)18(27)22-11-16(25)26)12-4-7-23(8-5-12)19(28)14-3-1-2-6-20-14/h1-3,6,9-10,12,24H,4-5,7-8,11H2,(H,22,27)(H,25,26). The maximum atomic E-state index is 12.5. The minimum atomic E-state index is -1.18. The van der Waals surface area contributed by atoms with Crippen molar-refractivity contribution >= 4 is 17.8 Å². The van der Waals surface area contributed by atoms with E-state index in [1.807, 2.05) is 0 Å². The first kappa shape index (κ1) is 19.3. The molecule has 1 saturated heterocycles. The van der Waals surface area contributed by atoms with Crippen molar-refractivity contribution in [2.45, 2.75) is 18.8 Å². The lowest BCUT2D eigenvalue weighted by Crippen LogP contribution is -2.38. The molecule has 3 N–H and O–H groups in total. The highest BCUT2D eigenvalue weighted by Crippen LogP contribution is 2.30. The van der Waals surface area contributed by atoms with E-state index < -0.39 is 18.4 Å². The fraction of sp³-hybridized carbons (Fsp3) is 0.316. The summed E-state index contributed by atoms with van der Waals surface area (Å²) in [4.78, 5) is 44.7. The van der Waals surface area contributed by atoms with Gasteiger partial charge < -0.3 is 20.4 Å². The zero-order chi connectivity index (χ0) is 20.1. The first-order valence-corrected chi connectivity index (χ1v) is 8.85. The fourth-order valence-corrected chi connectivity index (χ4v) is 3.17. The number of hydrogen-bond acceptors (Lipinski definition) is 6. The molecule has 2 aromatic heterocycles. The fourth-order valence-electron chi connectivity index (χ4n) is 3.17. The highest BCUT2D eigenvalue weighted by atomic mass is 16.4. The van der Waals surface area contributed by atoms with E-state index in [1.54, 1.807) is 29.3 Å². The maximum Gasteiger partial charge on any atom is 0.322 e. The van der Waals surface area contributed by atoms with Gasteiger partial charge in [-0.1, -0.05) is 6.07 Å². The van der Waals surface area contributed by atoms with Gasteiger partial charge in [0.1, 0.15) is 18.0 Å². The number of aromatic nitrogens is 2. The van der Waals surface area contributed by atoms with E-state index in [0.29, 0.717) is 31.6 Å². The van der Waals surface area contributed by atoms with Crippen molar-refractivity contribution in [1.29, 1.82) is 0 Å². The van der Waals surface area contributed by atoms with Gasteiger partial charge in [0.15, 0.2) is 5.69 Å². The molecule has 9 heteroatoms. The zero-order valence-electron chi connectivity index (χ0n) is 15.0. The number of nitrogens with one attached hydrogen (secondary N) is 1. The van der Waals surface area contributed by atoms with Crippen LogP contribution in [-0.2, 0) is 4.79 Å². The van der Waals surface area contributed by atoms with E-state index >= 15 is 0 Å². The number of hydrogen-bond donors (Lipinski definition) is 3. The average molecular weight is 384 g/mol. The van der Waals surface area contributed by atoms with Gasteiger partial charge in [0, 0.05) is 25.5 Å². The molecule has 0 bridgehead atoms. The van der Waals surface area contributed by atoms with Crippen LogP contribution in [0.3, 0.4) is 0 Å². The Hall–Kier alpha value is -3.49. The number of carbonyl (C=O) groups excluding carboxylic acids is 2. The molecule has 0 unspecified atom stereocenters. The predicted octanol–water partition coefficient (Wildman–Crippen LogP) is 1.02. The average Bonchev–Trinajstić information content (AvgIpc) is 2.72. The highest BCUT2D eigenvalue weighted by Gasteiger charge is 2.26. The van der Waals surface area contributed by atoms with Crippen molar-refractivity contribution in [1.82, 2.24) is 20.2 Å². The number of carboxylic acid groups (broad SMARTS) is 1. The SMILES string of the molecule is O=C(O)CNC(=O)c1ncc(C2CCN(C(=O)c3ccccn3)CC2)cc1O. The van der Waals surface area contributed by atoms with E-state index in [0.717, 1.165) is 5.56 Å². The summed E-state index contributed by atoms with van der Waals surface area (Å²) in [5, 5.41) is 20.9. The molecule has 0 radical (unpaired) electrons. The Morgan fingerprint density at radius 1 is 1.18 bits per heavy atom. The van der Waals surface area contributed by atoms with Crippen molar-refractivity contribution in [2.24, 2.45) is 0 Å². The Kier molecular flexibility index (Phi) is 5.83. The van der Waals surface area contributed by atoms with Crippen molar-refractivity contribution in [3.05, 3.63) is 53.6 Å². The first-order chi connectivity index (χ1) is 13.5. The van der Waals surface area contributed by atoms with Crippen LogP contribution in [0, 0.1) is 0 Å². The third-order valence-electron chi connectivity index (χ3n) is 4.64. The van der Waals surface area contributed by atoms with Gasteiger partial charge in [0.25, 0.3) is 11.8 Å². The normalized spacial score (nSPS) is 14.5. The lowest BCUT2D eigenvalue weighted by Gasteiger charge is -2.32. The van der Waals surface area contributed by atoms with Crippen LogP contribution in [-0.4, -0.2) is 62.5 Å². The monoisotopic (exact) mass is 384 g/mol. The number of carbonyl (C=O) groups is 3. The molecule has 9 nitrogen and oxygen atoms in total. The lowest BCUT2D eigenvalue weighted by atomic mass is 9.90. The molecule has 1 aliphatic heterocycles. The van der Waals surface area contributed by atoms with Crippen LogP contribution in [0.2, 0.25) is 0 Å². The Bertz CT molecular complexity index is 879. The minimum Gasteiger partial charge on any atom is -0.505 e. The molecule has 1 aliphatic rings. The number of rotatable bonds is 5. The molecule has 0 atom stereocenters. The number of amides is 2. The molecule has 0 spiro atoms. The van der Waals surface area contributed by atoms with E-state index in [9.17, 15) is 19.5 Å². The van der Waals surface area contributed by atoms with Crippen LogP contribution in [0.25, 0.3) is 0 Å². The number of aliphatic carboxylic acids is 1. The van der Waals surface area contributed by atoms with Gasteiger partial charge in [-0.2, -0.15) is 0 Å². The van der Waals surface area contributed by atoms with Crippen LogP contribution in [0.1, 0.15) is 45.3 Å². The molecular formula is C19H20N4O5. The molecule has 1 fully saturated rings. The molecule has 3 rings (SSSR count). The number of pyridine rings is 2. The van der Waals surface area contributed by atoms with Gasteiger partial charge in [-0.25, -0.2) is 4.98 Å². The van der Waals surface area contributed by atoms with Gasteiger partial charge in [-0.15, -0.1) is 0 Å². The molecule has 2 amide bonds. The number of aromatic hydroxyl groups is 1. The number of nitrogens with zero attached hydrogens (tertiary/aromatic N) is 3. The van der Waals surface area contributed by atoms with E-state index in [1.165, 1.54) is 12.3 Å². The molecule has 0 saturated carbocycles. The van der Waals surface area contributed by atoms with Gasteiger partial charge in [0.05, 0.1) is 0 Å². The van der Waals surface area contributed by atoms with Gasteiger partial charge in [-0.05, 0) is 42.5 Å². The quantitative estimate of drug-likeness (QED) is 0.701. The van der Waals surface area contributed by atoms with Crippen LogP contribution < -0.4 is 5.32 Å². The minimum absolute atomic E-state index is 0.0994. The summed E-state index contributed by atoms with van der Waals surface area (Å²) >= 11 is 0. The van der Waals surface area contributed by atoms with Crippen LogP contribution in [0.5, 0.6) is 5.75 Å². The summed E-state index contributed by atoms with van der Waals surface area (Å²) in [6, 6.07) is 6.69. The second kappa shape index (κ2) is 8.47. The Morgan fingerprint density at radius 2 is 1.93 bits per heavy atom. The van der Waals surface area contributed by atoms with Gasteiger partial charge >= 0.3 is 5.97 Å². The third kappa shape index (κ3) is 4.43. The largest absolute Gasteiger partial charge is 0.505 e. The number of likely N-dealkylation sites (tertiary alicyclic amines) is 1. The molecule has 2 aromatic rings. The van der Waals surface area contributed by atoms with Gasteiger partial charge in [-0.3, -0.25) is 19.4 Å². The molecule has 3 heterocycles. The molecule has 146 valence electrons. The summed E-state index contributed by atoms with van der Waals surface area (Å²) in [7, 11) is 0. The second-order valence-electron chi connectivity index (χ2n) is 6.49. The van der Waals surface area contributed by atoms with E-state index in [-0.39, 0.29) is 23.3 Å². The van der Waals surface area contributed by atoms with Crippen LogP contribution in [0.15, 0.2) is 36.7 Å². The molecular weight excluding hydrogens is 364 g/mol. The number of piperidine rings is 1. The lowest BCUT2D eigenvalue weighted by molar-refractivity contribution is -0.135. The Morgan fingerprint density at radius 3 is 2.54 bits per heavy atom. The third-order valence-corrected chi connectivity index (χ3v) is 4.64. The van der Waals surface area contributed by atoms with E-state index in [4.69, 9.17) is 5.11 Å². The van der Waals surface area contributed by atoms with E-state index in [2.05, 4.69) is 15.3 Å². The van der Waals surface area contributed by atoms with Crippen molar-refractivity contribution in [3.63, 3.8) is 0 Å². The highest BCUT2D eigenvalue weighted by molar-refractivity contribution is 5.96. The zero-order valence-corrected chi connectivity index (χ0v) is 15.0. The number of carboxylic acids is 1. The van der Waals surface area contributed by atoms with Crippen LogP contribution in [0.4, 0.5) is 0 Å². The maximum absolute atomic E-state index is 12.5. The second-order valence-corrected chi connectivity index (χ2v) is 6.49. The Labute approximate surface area is 161 Å². The summed E-state index contributed by atoms with van der Waals surface area (Å²) < 4.78 is 0. The van der Waals surface area contributed by atoms with Crippen molar-refractivity contribution in [2.75, 3.05) is 19.6 Å². The van der Waals surface area contributed by atoms with Gasteiger partial charge in [0.2, 0.25) is 0 Å². The summed E-state index contributed by atoms with van der Waals surface area (Å²) in [6.45, 7) is 0.563. The molecule has 0 aliphatic carbocycles. The predicted molar refractivity (Wildman–Crippen MR) is 98.0 cm³/mol. The first-order valence-electron chi connectivity index (χ1n) is 8.85. The molecule has 0 aromatic carbocycles. The summed E-state index contributed by atoms with van der Waals surface area (Å²) in [5.41, 5.74) is 0.974. The topological polar surface area (TPSA) is 133 Å². The summed E-state index contributed by atoms with van der Waals surface area (Å²) in [5.74, 6) is -2.24. The smallest absolute Gasteiger partial charge is 0.322 e. The Balaban J connectivity index is 1.61. The van der Waals surface area contributed by atoms with Crippen molar-refractivity contribution in [3.8, 4) is 5.75 Å². The van der Waals surface area contributed by atoms with Crippen molar-refractivity contribution < 1.29 is 24.6 Å². The summed E-state index contributed by atoms with van der Waals surface area (Å²) in [6.07, 6.45) is 4.49. The molecule has 28 heavy (non-hydrogen) atoms.